The molecule has 1 rings (SSSR count). The van der Waals surface area contributed by atoms with Crippen molar-refractivity contribution in [2.75, 3.05) is 37.9 Å². The van der Waals surface area contributed by atoms with Crippen LogP contribution in [0.1, 0.15) is 6.42 Å². The van der Waals surface area contributed by atoms with Crippen molar-refractivity contribution in [2.45, 2.75) is 6.42 Å². The predicted molar refractivity (Wildman–Crippen MR) is 55.8 cm³/mol. The molecule has 0 aromatic carbocycles. The van der Waals surface area contributed by atoms with E-state index in [0.29, 0.717) is 19.0 Å². The summed E-state index contributed by atoms with van der Waals surface area (Å²) in [4.78, 5) is 13.5. The molecule has 0 radical (unpaired) electrons. The Morgan fingerprint density at radius 1 is 1.33 bits per heavy atom. The van der Waals surface area contributed by atoms with Crippen LogP contribution in [0.3, 0.4) is 0 Å². The molecule has 7 nitrogen and oxygen atoms in total. The molecule has 1 aromatic heterocycles. The highest BCUT2D eigenvalue weighted by molar-refractivity contribution is 5.33. The standard InChI is InChI=1S/C8H15N5O2/c1-13(2)7-10-6(9)11-8(12-7)15-5-3-4-14/h14H,3-5H2,1-2H3,(H2,9,10,11,12). The fourth-order valence-corrected chi connectivity index (χ4v) is 0.854. The van der Waals surface area contributed by atoms with E-state index in [9.17, 15) is 0 Å². The van der Waals surface area contributed by atoms with E-state index in [2.05, 4.69) is 15.0 Å². The van der Waals surface area contributed by atoms with Gasteiger partial charge in [0.2, 0.25) is 11.9 Å². The van der Waals surface area contributed by atoms with E-state index in [4.69, 9.17) is 15.6 Å². The van der Waals surface area contributed by atoms with Crippen molar-refractivity contribution in [1.82, 2.24) is 15.0 Å². The summed E-state index contributed by atoms with van der Waals surface area (Å²) in [5.74, 6) is 0.564. The maximum absolute atomic E-state index is 8.58. The number of rotatable bonds is 5. The zero-order chi connectivity index (χ0) is 11.3. The maximum atomic E-state index is 8.58. The number of aliphatic hydroxyl groups excluding tert-OH is 1. The van der Waals surface area contributed by atoms with Crippen LogP contribution in [0, 0.1) is 0 Å². The topological polar surface area (TPSA) is 97.4 Å². The number of anilines is 2. The Bertz CT molecular complexity index is 318. The van der Waals surface area contributed by atoms with Gasteiger partial charge in [0.1, 0.15) is 0 Å². The molecule has 0 aliphatic carbocycles. The summed E-state index contributed by atoms with van der Waals surface area (Å²) in [6.07, 6.45) is 0.531. The molecule has 0 fully saturated rings. The monoisotopic (exact) mass is 213 g/mol. The lowest BCUT2D eigenvalue weighted by molar-refractivity contribution is 0.224. The molecule has 1 aromatic rings. The normalized spacial score (nSPS) is 10.1. The first-order valence-electron chi connectivity index (χ1n) is 4.56. The number of hydrogen-bond acceptors (Lipinski definition) is 7. The lowest BCUT2D eigenvalue weighted by Gasteiger charge is -2.11. The number of aliphatic hydroxyl groups is 1. The van der Waals surface area contributed by atoms with Gasteiger partial charge in [-0.2, -0.15) is 15.0 Å². The van der Waals surface area contributed by atoms with E-state index >= 15 is 0 Å². The summed E-state index contributed by atoms with van der Waals surface area (Å²) >= 11 is 0. The summed E-state index contributed by atoms with van der Waals surface area (Å²) in [7, 11) is 3.60. The Labute approximate surface area is 87.9 Å². The van der Waals surface area contributed by atoms with Crippen LogP contribution in [0.4, 0.5) is 11.9 Å². The summed E-state index contributed by atoms with van der Waals surface area (Å²) in [5.41, 5.74) is 5.48. The van der Waals surface area contributed by atoms with Crippen LogP contribution in [-0.4, -0.2) is 47.4 Å². The fourth-order valence-electron chi connectivity index (χ4n) is 0.854. The Kier molecular flexibility index (Phi) is 4.04. The van der Waals surface area contributed by atoms with Crippen molar-refractivity contribution in [3.8, 4) is 6.01 Å². The van der Waals surface area contributed by atoms with Gasteiger partial charge in [-0.15, -0.1) is 0 Å². The Morgan fingerprint density at radius 2 is 2.07 bits per heavy atom. The Morgan fingerprint density at radius 3 is 2.67 bits per heavy atom. The maximum Gasteiger partial charge on any atom is 0.323 e. The van der Waals surface area contributed by atoms with E-state index in [1.807, 2.05) is 0 Å². The molecule has 0 aliphatic heterocycles. The Hall–Kier alpha value is -1.63. The molecular formula is C8H15N5O2. The SMILES string of the molecule is CN(C)c1nc(N)nc(OCCCO)n1. The van der Waals surface area contributed by atoms with Gasteiger partial charge in [0.25, 0.3) is 0 Å². The van der Waals surface area contributed by atoms with Crippen LogP contribution in [0.15, 0.2) is 0 Å². The second-order valence-electron chi connectivity index (χ2n) is 3.10. The fraction of sp³-hybridized carbons (Fsp3) is 0.625. The Balaban J connectivity index is 2.71. The number of aromatic nitrogens is 3. The lowest BCUT2D eigenvalue weighted by atomic mass is 10.5. The first-order chi connectivity index (χ1) is 7.13. The van der Waals surface area contributed by atoms with Crippen molar-refractivity contribution in [3.63, 3.8) is 0 Å². The smallest absolute Gasteiger partial charge is 0.323 e. The van der Waals surface area contributed by atoms with Gasteiger partial charge in [-0.1, -0.05) is 0 Å². The largest absolute Gasteiger partial charge is 0.463 e. The van der Waals surface area contributed by atoms with E-state index in [1.54, 1.807) is 19.0 Å². The van der Waals surface area contributed by atoms with Gasteiger partial charge >= 0.3 is 6.01 Å². The molecule has 0 saturated heterocycles. The average Bonchev–Trinajstić information content (AvgIpc) is 2.17. The molecule has 0 unspecified atom stereocenters. The van der Waals surface area contributed by atoms with Crippen molar-refractivity contribution < 1.29 is 9.84 Å². The highest BCUT2D eigenvalue weighted by Crippen LogP contribution is 2.10. The van der Waals surface area contributed by atoms with Crippen molar-refractivity contribution >= 4 is 11.9 Å². The van der Waals surface area contributed by atoms with Crippen LogP contribution in [-0.2, 0) is 0 Å². The third kappa shape index (κ3) is 3.55. The van der Waals surface area contributed by atoms with Gasteiger partial charge in [0.05, 0.1) is 6.61 Å². The molecule has 0 saturated carbocycles. The minimum atomic E-state index is 0.0705. The predicted octanol–water partition coefficient (Wildman–Crippen LogP) is -0.719. The molecule has 7 heteroatoms. The van der Waals surface area contributed by atoms with Gasteiger partial charge < -0.3 is 20.5 Å². The third-order valence-corrected chi connectivity index (χ3v) is 1.55. The third-order valence-electron chi connectivity index (χ3n) is 1.55. The summed E-state index contributed by atoms with van der Waals surface area (Å²) in [6.45, 7) is 0.425. The zero-order valence-corrected chi connectivity index (χ0v) is 8.84. The first-order valence-corrected chi connectivity index (χ1v) is 4.56. The minimum Gasteiger partial charge on any atom is -0.463 e. The number of nitrogens with two attached hydrogens (primary N) is 1. The lowest BCUT2D eigenvalue weighted by Crippen LogP contribution is -2.15. The van der Waals surface area contributed by atoms with Crippen LogP contribution in [0.2, 0.25) is 0 Å². The number of nitrogens with zero attached hydrogens (tertiary/aromatic N) is 4. The molecule has 0 amide bonds. The van der Waals surface area contributed by atoms with Gasteiger partial charge in [-0.25, -0.2) is 0 Å². The highest BCUT2D eigenvalue weighted by Gasteiger charge is 2.06. The minimum absolute atomic E-state index is 0.0705. The van der Waals surface area contributed by atoms with Crippen LogP contribution in [0.5, 0.6) is 6.01 Å². The summed E-state index contributed by atoms with van der Waals surface area (Å²) < 4.78 is 5.19. The van der Waals surface area contributed by atoms with E-state index in [1.165, 1.54) is 0 Å². The van der Waals surface area contributed by atoms with Gasteiger partial charge in [-0.3, -0.25) is 0 Å². The molecule has 0 spiro atoms. The van der Waals surface area contributed by atoms with Gasteiger partial charge in [-0.05, 0) is 0 Å². The molecule has 3 N–H and O–H groups in total. The zero-order valence-electron chi connectivity index (χ0n) is 8.84. The molecule has 0 bridgehead atoms. The quantitative estimate of drug-likeness (QED) is 0.623. The second-order valence-corrected chi connectivity index (χ2v) is 3.10. The summed E-state index contributed by atoms with van der Waals surface area (Å²) in [5, 5.41) is 8.58. The van der Waals surface area contributed by atoms with Crippen molar-refractivity contribution in [3.05, 3.63) is 0 Å². The molecule has 15 heavy (non-hydrogen) atoms. The van der Waals surface area contributed by atoms with Crippen LogP contribution in [0.25, 0.3) is 0 Å². The molecule has 0 atom stereocenters. The first kappa shape index (κ1) is 11.4. The van der Waals surface area contributed by atoms with E-state index < -0.39 is 0 Å². The highest BCUT2D eigenvalue weighted by atomic mass is 16.5. The second kappa shape index (κ2) is 5.30. The van der Waals surface area contributed by atoms with Crippen molar-refractivity contribution in [2.24, 2.45) is 0 Å². The van der Waals surface area contributed by atoms with Gasteiger partial charge in [0.15, 0.2) is 0 Å². The van der Waals surface area contributed by atoms with E-state index in [-0.39, 0.29) is 18.6 Å². The van der Waals surface area contributed by atoms with Crippen LogP contribution < -0.4 is 15.4 Å². The number of hydrogen-bond donors (Lipinski definition) is 2. The van der Waals surface area contributed by atoms with Crippen LogP contribution >= 0.6 is 0 Å². The number of nitrogen functional groups attached to an aromatic ring is 1. The van der Waals surface area contributed by atoms with Crippen molar-refractivity contribution in [1.29, 1.82) is 0 Å². The molecule has 0 aliphatic rings. The summed E-state index contributed by atoms with van der Waals surface area (Å²) in [6, 6.07) is 0.180. The number of ether oxygens (including phenoxy) is 1. The molecule has 1 heterocycles. The average molecular weight is 213 g/mol. The van der Waals surface area contributed by atoms with E-state index in [0.717, 1.165) is 0 Å². The van der Waals surface area contributed by atoms with Gasteiger partial charge in [0, 0.05) is 27.1 Å². The molecular weight excluding hydrogens is 198 g/mol. The molecule has 84 valence electrons.